The molecule has 0 spiro atoms. The van der Waals surface area contributed by atoms with Crippen LogP contribution in [0.5, 0.6) is 0 Å². The SMILES string of the molecule is Cc1cc(Nc2ccccc2N(C)C)cc(C(=O)O)c1N. The molecule has 0 radical (unpaired) electrons. The molecule has 0 amide bonds. The van der Waals surface area contributed by atoms with Crippen LogP contribution in [-0.4, -0.2) is 25.2 Å². The number of aryl methyl sites for hydroxylation is 1. The monoisotopic (exact) mass is 285 g/mol. The Balaban J connectivity index is 2.43. The Hall–Kier alpha value is -2.69. The Morgan fingerprint density at radius 1 is 1.24 bits per heavy atom. The maximum atomic E-state index is 11.2. The van der Waals surface area contributed by atoms with E-state index in [9.17, 15) is 9.90 Å². The van der Waals surface area contributed by atoms with Crippen molar-refractivity contribution in [2.24, 2.45) is 0 Å². The number of rotatable bonds is 4. The zero-order chi connectivity index (χ0) is 15.6. The second-order valence-corrected chi connectivity index (χ2v) is 5.10. The minimum absolute atomic E-state index is 0.111. The molecule has 0 bridgehead atoms. The lowest BCUT2D eigenvalue weighted by Gasteiger charge is -2.19. The number of carboxylic acids is 1. The van der Waals surface area contributed by atoms with Crippen molar-refractivity contribution in [2.75, 3.05) is 30.0 Å². The van der Waals surface area contributed by atoms with Crippen molar-refractivity contribution in [2.45, 2.75) is 6.92 Å². The molecule has 0 saturated heterocycles. The van der Waals surface area contributed by atoms with E-state index in [0.717, 1.165) is 16.9 Å². The third-order valence-corrected chi connectivity index (χ3v) is 3.28. The summed E-state index contributed by atoms with van der Waals surface area (Å²) in [5.74, 6) is -1.03. The van der Waals surface area contributed by atoms with Crippen LogP contribution in [0.4, 0.5) is 22.7 Å². The highest BCUT2D eigenvalue weighted by Gasteiger charge is 2.12. The van der Waals surface area contributed by atoms with E-state index in [1.165, 1.54) is 0 Å². The summed E-state index contributed by atoms with van der Waals surface area (Å²) in [7, 11) is 3.91. The summed E-state index contributed by atoms with van der Waals surface area (Å²) < 4.78 is 0. The zero-order valence-electron chi connectivity index (χ0n) is 12.3. The van der Waals surface area contributed by atoms with Gasteiger partial charge in [-0.05, 0) is 36.8 Å². The number of aromatic carboxylic acids is 1. The summed E-state index contributed by atoms with van der Waals surface area (Å²) in [6, 6.07) is 11.2. The number of nitrogens with zero attached hydrogens (tertiary/aromatic N) is 1. The highest BCUT2D eigenvalue weighted by Crippen LogP contribution is 2.30. The molecule has 2 aromatic carbocycles. The first kappa shape index (κ1) is 14.7. The van der Waals surface area contributed by atoms with Gasteiger partial charge in [0.05, 0.1) is 16.9 Å². The summed E-state index contributed by atoms with van der Waals surface area (Å²) in [4.78, 5) is 13.2. The van der Waals surface area contributed by atoms with E-state index in [0.29, 0.717) is 11.4 Å². The minimum Gasteiger partial charge on any atom is -0.478 e. The van der Waals surface area contributed by atoms with Crippen LogP contribution in [0.1, 0.15) is 15.9 Å². The van der Waals surface area contributed by atoms with E-state index in [4.69, 9.17) is 5.73 Å². The molecule has 0 unspecified atom stereocenters. The number of hydrogen-bond donors (Lipinski definition) is 3. The van der Waals surface area contributed by atoms with Gasteiger partial charge in [0, 0.05) is 25.5 Å². The molecule has 5 heteroatoms. The van der Waals surface area contributed by atoms with Crippen molar-refractivity contribution in [1.82, 2.24) is 0 Å². The van der Waals surface area contributed by atoms with Gasteiger partial charge in [0.25, 0.3) is 0 Å². The number of nitrogens with one attached hydrogen (secondary N) is 1. The Morgan fingerprint density at radius 2 is 1.90 bits per heavy atom. The second-order valence-electron chi connectivity index (χ2n) is 5.10. The van der Waals surface area contributed by atoms with Gasteiger partial charge in [0.15, 0.2) is 0 Å². The molecule has 4 N–H and O–H groups in total. The summed E-state index contributed by atoms with van der Waals surface area (Å²) >= 11 is 0. The third kappa shape index (κ3) is 3.08. The van der Waals surface area contributed by atoms with Crippen LogP contribution < -0.4 is 16.0 Å². The van der Waals surface area contributed by atoms with Crippen LogP contribution in [0.3, 0.4) is 0 Å². The fourth-order valence-corrected chi connectivity index (χ4v) is 2.17. The molecule has 0 saturated carbocycles. The lowest BCUT2D eigenvalue weighted by atomic mass is 10.1. The van der Waals surface area contributed by atoms with Crippen molar-refractivity contribution < 1.29 is 9.90 Å². The normalized spacial score (nSPS) is 10.2. The van der Waals surface area contributed by atoms with Crippen LogP contribution in [-0.2, 0) is 0 Å². The maximum absolute atomic E-state index is 11.2. The van der Waals surface area contributed by atoms with Crippen molar-refractivity contribution in [1.29, 1.82) is 0 Å². The van der Waals surface area contributed by atoms with E-state index >= 15 is 0 Å². The maximum Gasteiger partial charge on any atom is 0.337 e. The van der Waals surface area contributed by atoms with Crippen LogP contribution in [0, 0.1) is 6.92 Å². The molecule has 0 atom stereocenters. The number of hydrogen-bond acceptors (Lipinski definition) is 4. The van der Waals surface area contributed by atoms with E-state index in [1.807, 2.05) is 49.3 Å². The van der Waals surface area contributed by atoms with Gasteiger partial charge in [-0.3, -0.25) is 0 Å². The first-order chi connectivity index (χ1) is 9.90. The highest BCUT2D eigenvalue weighted by atomic mass is 16.4. The van der Waals surface area contributed by atoms with Gasteiger partial charge in [-0.25, -0.2) is 4.79 Å². The molecule has 110 valence electrons. The molecule has 0 aliphatic rings. The van der Waals surface area contributed by atoms with Crippen LogP contribution in [0.25, 0.3) is 0 Å². The summed E-state index contributed by atoms with van der Waals surface area (Å²) in [6.07, 6.45) is 0. The predicted octanol–water partition coefficient (Wildman–Crippen LogP) is 3.09. The average Bonchev–Trinajstić information content (AvgIpc) is 2.42. The minimum atomic E-state index is -1.03. The molecule has 21 heavy (non-hydrogen) atoms. The van der Waals surface area contributed by atoms with Crippen molar-refractivity contribution in [3.05, 3.63) is 47.5 Å². The van der Waals surface area contributed by atoms with Crippen LogP contribution in [0.2, 0.25) is 0 Å². The van der Waals surface area contributed by atoms with Gasteiger partial charge >= 0.3 is 5.97 Å². The highest BCUT2D eigenvalue weighted by molar-refractivity contribution is 5.96. The number of carboxylic acid groups (broad SMARTS) is 1. The van der Waals surface area contributed by atoms with Crippen LogP contribution >= 0.6 is 0 Å². The molecule has 0 aliphatic carbocycles. The van der Waals surface area contributed by atoms with Gasteiger partial charge < -0.3 is 21.1 Å². The number of nitrogens with two attached hydrogens (primary N) is 1. The summed E-state index contributed by atoms with van der Waals surface area (Å²) in [5.41, 5.74) is 9.58. The van der Waals surface area contributed by atoms with Crippen molar-refractivity contribution in [3.63, 3.8) is 0 Å². The number of benzene rings is 2. The van der Waals surface area contributed by atoms with Crippen molar-refractivity contribution >= 4 is 28.7 Å². The lowest BCUT2D eigenvalue weighted by molar-refractivity contribution is 0.0698. The number of anilines is 4. The van der Waals surface area contributed by atoms with E-state index in [1.54, 1.807) is 13.0 Å². The number of para-hydroxylation sites is 2. The van der Waals surface area contributed by atoms with Gasteiger partial charge in [-0.2, -0.15) is 0 Å². The Bertz CT molecular complexity index is 681. The predicted molar refractivity (Wildman–Crippen MR) is 86.6 cm³/mol. The standard InChI is InChI=1S/C16H19N3O2/c1-10-8-11(9-12(15(10)17)16(20)21)18-13-6-4-5-7-14(13)19(2)3/h4-9,18H,17H2,1-3H3,(H,20,21). The fraction of sp³-hybridized carbons (Fsp3) is 0.188. The summed E-state index contributed by atoms with van der Waals surface area (Å²) in [5, 5.41) is 12.5. The van der Waals surface area contributed by atoms with Gasteiger partial charge in [0.2, 0.25) is 0 Å². The molecule has 2 rings (SSSR count). The van der Waals surface area contributed by atoms with Crippen LogP contribution in [0.15, 0.2) is 36.4 Å². The molecule has 2 aromatic rings. The molecule has 0 heterocycles. The quantitative estimate of drug-likeness (QED) is 0.752. The first-order valence-electron chi connectivity index (χ1n) is 6.57. The van der Waals surface area contributed by atoms with Crippen molar-refractivity contribution in [3.8, 4) is 0 Å². The fourth-order valence-electron chi connectivity index (χ4n) is 2.17. The molecule has 0 aromatic heterocycles. The topological polar surface area (TPSA) is 78.6 Å². The van der Waals surface area contributed by atoms with E-state index < -0.39 is 5.97 Å². The largest absolute Gasteiger partial charge is 0.478 e. The van der Waals surface area contributed by atoms with E-state index in [-0.39, 0.29) is 5.56 Å². The Kier molecular flexibility index (Phi) is 4.03. The van der Waals surface area contributed by atoms with E-state index in [2.05, 4.69) is 5.32 Å². The number of nitrogen functional groups attached to an aromatic ring is 1. The smallest absolute Gasteiger partial charge is 0.337 e. The second kappa shape index (κ2) is 5.75. The van der Waals surface area contributed by atoms with Gasteiger partial charge in [-0.1, -0.05) is 12.1 Å². The van der Waals surface area contributed by atoms with Gasteiger partial charge in [-0.15, -0.1) is 0 Å². The van der Waals surface area contributed by atoms with Gasteiger partial charge in [0.1, 0.15) is 0 Å². The zero-order valence-corrected chi connectivity index (χ0v) is 12.3. The molecular weight excluding hydrogens is 266 g/mol. The number of carbonyl (C=O) groups is 1. The Morgan fingerprint density at radius 3 is 2.52 bits per heavy atom. The average molecular weight is 285 g/mol. The lowest BCUT2D eigenvalue weighted by Crippen LogP contribution is -2.11. The molecule has 0 aliphatic heterocycles. The Labute approximate surface area is 124 Å². The third-order valence-electron chi connectivity index (χ3n) is 3.28. The first-order valence-corrected chi connectivity index (χ1v) is 6.57. The molecular formula is C16H19N3O2. The molecule has 5 nitrogen and oxygen atoms in total. The summed E-state index contributed by atoms with van der Waals surface area (Å²) in [6.45, 7) is 1.80. The molecule has 0 fully saturated rings.